The van der Waals surface area contributed by atoms with E-state index in [1.807, 2.05) is 12.1 Å². The molecule has 0 unspecified atom stereocenters. The fourth-order valence-electron chi connectivity index (χ4n) is 3.37. The smallest absolute Gasteiger partial charge is 0.326 e. The van der Waals surface area contributed by atoms with Crippen LogP contribution in [0.5, 0.6) is 0 Å². The molecule has 0 saturated heterocycles. The zero-order valence-electron chi connectivity index (χ0n) is 15.7. The molecule has 1 aliphatic rings. The number of hydrogen-bond acceptors (Lipinski definition) is 6. The van der Waals surface area contributed by atoms with Crippen molar-refractivity contribution in [3.05, 3.63) is 35.4 Å². The molecule has 0 bridgehead atoms. The van der Waals surface area contributed by atoms with E-state index in [1.165, 1.54) is 11.8 Å². The van der Waals surface area contributed by atoms with Crippen LogP contribution in [-0.2, 0) is 35.8 Å². The summed E-state index contributed by atoms with van der Waals surface area (Å²) in [6.07, 6.45) is 0.569. The van der Waals surface area contributed by atoms with E-state index in [0.29, 0.717) is 18.5 Å². The summed E-state index contributed by atoms with van der Waals surface area (Å²) in [7, 11) is 1.60. The van der Waals surface area contributed by atoms with Gasteiger partial charge in [-0.05, 0) is 38.3 Å². The van der Waals surface area contributed by atoms with Crippen molar-refractivity contribution in [2.75, 3.05) is 26.8 Å². The van der Waals surface area contributed by atoms with Gasteiger partial charge in [0.05, 0.1) is 13.2 Å². The van der Waals surface area contributed by atoms with Crippen molar-refractivity contribution < 1.29 is 23.9 Å². The van der Waals surface area contributed by atoms with Crippen LogP contribution in [0.15, 0.2) is 24.3 Å². The van der Waals surface area contributed by atoms with E-state index in [2.05, 4.69) is 0 Å². The highest BCUT2D eigenvalue weighted by Gasteiger charge is 2.65. The summed E-state index contributed by atoms with van der Waals surface area (Å²) >= 11 is 0. The van der Waals surface area contributed by atoms with E-state index in [-0.39, 0.29) is 13.2 Å². The predicted molar refractivity (Wildman–Crippen MR) is 95.0 cm³/mol. The molecule has 0 aromatic heterocycles. The lowest BCUT2D eigenvalue weighted by molar-refractivity contribution is -0.181. The first-order valence-electron chi connectivity index (χ1n) is 8.72. The highest BCUT2D eigenvalue weighted by Crippen LogP contribution is 2.44. The first kappa shape index (κ1) is 19.9. The van der Waals surface area contributed by atoms with Crippen molar-refractivity contribution in [1.29, 1.82) is 0 Å². The lowest BCUT2D eigenvalue weighted by Crippen LogP contribution is -2.66. The summed E-state index contributed by atoms with van der Waals surface area (Å²) in [6, 6.07) is 7.10. The first-order chi connectivity index (χ1) is 12.2. The zero-order valence-corrected chi connectivity index (χ0v) is 15.7. The number of ether oxygens (including phenoxy) is 2. The van der Waals surface area contributed by atoms with Crippen molar-refractivity contribution in [3.8, 4) is 0 Å². The Kier molecular flexibility index (Phi) is 5.71. The number of nitrogens with zero attached hydrogens (tertiary/aromatic N) is 1. The maximum absolute atomic E-state index is 13.3. The van der Waals surface area contributed by atoms with Crippen LogP contribution in [0.2, 0.25) is 0 Å². The SMILES string of the molecule is CCOC(=O)C(C)(C(=O)OCC)[C@]1(N)C(=O)N(C)CCc2ccccc21. The molecular weight excluding hydrogens is 336 g/mol. The van der Waals surface area contributed by atoms with Crippen LogP contribution in [0, 0.1) is 5.41 Å². The fraction of sp³-hybridized carbons (Fsp3) is 0.526. The number of fused-ring (bicyclic) bond motifs is 1. The van der Waals surface area contributed by atoms with Gasteiger partial charge in [0.25, 0.3) is 0 Å². The Balaban J connectivity index is 2.79. The van der Waals surface area contributed by atoms with E-state index in [4.69, 9.17) is 15.2 Å². The Labute approximate surface area is 153 Å². The quantitative estimate of drug-likeness (QED) is 0.619. The summed E-state index contributed by atoms with van der Waals surface area (Å²) in [5, 5.41) is 0. The number of amides is 1. The van der Waals surface area contributed by atoms with Gasteiger partial charge in [-0.2, -0.15) is 0 Å². The molecule has 1 atom stereocenters. The molecular formula is C19H26N2O5. The third-order valence-corrected chi connectivity index (χ3v) is 5.00. The Hall–Kier alpha value is -2.41. The molecule has 2 N–H and O–H groups in total. The number of likely N-dealkylation sites (N-methyl/N-ethyl adjacent to an activating group) is 1. The molecule has 1 heterocycles. The summed E-state index contributed by atoms with van der Waals surface area (Å²) in [6.45, 7) is 5.11. The van der Waals surface area contributed by atoms with Crippen molar-refractivity contribution in [1.82, 2.24) is 4.90 Å². The third kappa shape index (κ3) is 2.86. The number of carbonyl (C=O) groups excluding carboxylic acids is 3. The second-order valence-corrected chi connectivity index (χ2v) is 6.51. The molecule has 0 radical (unpaired) electrons. The summed E-state index contributed by atoms with van der Waals surface area (Å²) < 4.78 is 10.3. The molecule has 0 saturated carbocycles. The van der Waals surface area contributed by atoms with Gasteiger partial charge >= 0.3 is 11.9 Å². The molecule has 1 amide bonds. The number of benzene rings is 1. The van der Waals surface area contributed by atoms with E-state index >= 15 is 0 Å². The predicted octanol–water partition coefficient (Wildman–Crippen LogP) is 0.988. The number of nitrogens with two attached hydrogens (primary N) is 1. The van der Waals surface area contributed by atoms with Gasteiger partial charge in [0.1, 0.15) is 5.54 Å². The van der Waals surface area contributed by atoms with E-state index in [1.54, 1.807) is 33.0 Å². The highest BCUT2D eigenvalue weighted by atomic mass is 16.6. The lowest BCUT2D eigenvalue weighted by atomic mass is 9.65. The van der Waals surface area contributed by atoms with Crippen LogP contribution in [0.1, 0.15) is 31.9 Å². The second kappa shape index (κ2) is 7.45. The normalized spacial score (nSPS) is 20.2. The first-order valence-corrected chi connectivity index (χ1v) is 8.72. The second-order valence-electron chi connectivity index (χ2n) is 6.51. The molecule has 26 heavy (non-hydrogen) atoms. The lowest BCUT2D eigenvalue weighted by Gasteiger charge is -2.42. The van der Waals surface area contributed by atoms with Crippen molar-refractivity contribution in [3.63, 3.8) is 0 Å². The molecule has 1 aromatic carbocycles. The number of rotatable bonds is 5. The molecule has 1 aromatic rings. The minimum Gasteiger partial charge on any atom is -0.465 e. The Morgan fingerprint density at radius 1 is 1.19 bits per heavy atom. The molecule has 0 spiro atoms. The topological polar surface area (TPSA) is 98.9 Å². The number of esters is 2. The Morgan fingerprint density at radius 2 is 1.73 bits per heavy atom. The maximum Gasteiger partial charge on any atom is 0.326 e. The number of hydrogen-bond donors (Lipinski definition) is 1. The maximum atomic E-state index is 13.3. The van der Waals surface area contributed by atoms with Gasteiger partial charge in [0.15, 0.2) is 5.41 Å². The highest BCUT2D eigenvalue weighted by molar-refractivity contribution is 6.08. The third-order valence-electron chi connectivity index (χ3n) is 5.00. The molecule has 7 heteroatoms. The van der Waals surface area contributed by atoms with Gasteiger partial charge in [-0.1, -0.05) is 24.3 Å². The minimum absolute atomic E-state index is 0.0512. The van der Waals surface area contributed by atoms with Crippen molar-refractivity contribution >= 4 is 17.8 Å². The Morgan fingerprint density at radius 3 is 2.27 bits per heavy atom. The van der Waals surface area contributed by atoms with Gasteiger partial charge in [-0.3, -0.25) is 14.4 Å². The summed E-state index contributed by atoms with van der Waals surface area (Å²) in [5.41, 5.74) is 3.95. The van der Waals surface area contributed by atoms with E-state index < -0.39 is 28.8 Å². The summed E-state index contributed by atoms with van der Waals surface area (Å²) in [4.78, 5) is 40.5. The van der Waals surface area contributed by atoms with Crippen molar-refractivity contribution in [2.24, 2.45) is 11.1 Å². The van der Waals surface area contributed by atoms with E-state index in [9.17, 15) is 14.4 Å². The monoisotopic (exact) mass is 362 g/mol. The molecule has 0 fully saturated rings. The largest absolute Gasteiger partial charge is 0.465 e. The molecule has 0 aliphatic carbocycles. The molecule has 142 valence electrons. The average Bonchev–Trinajstić information content (AvgIpc) is 2.73. The fourth-order valence-corrected chi connectivity index (χ4v) is 3.37. The van der Waals surface area contributed by atoms with Gasteiger partial charge in [0.2, 0.25) is 5.91 Å². The summed E-state index contributed by atoms with van der Waals surface area (Å²) in [5.74, 6) is -2.27. The standard InChI is InChI=1S/C19H26N2O5/c1-5-25-16(23)18(3,17(24)26-6-2)19(20)14-10-8-7-9-13(14)11-12-21(4)15(19)22/h7-10H,5-6,11-12,20H2,1-4H3/t19-/m1/s1. The van der Waals surface area contributed by atoms with Gasteiger partial charge in [0, 0.05) is 13.6 Å². The van der Waals surface area contributed by atoms with Crippen LogP contribution in [0.3, 0.4) is 0 Å². The zero-order chi connectivity index (χ0) is 19.5. The average molecular weight is 362 g/mol. The van der Waals surface area contributed by atoms with Crippen LogP contribution in [0.25, 0.3) is 0 Å². The molecule has 1 aliphatic heterocycles. The van der Waals surface area contributed by atoms with Crippen LogP contribution in [0.4, 0.5) is 0 Å². The van der Waals surface area contributed by atoms with Gasteiger partial charge < -0.3 is 20.1 Å². The van der Waals surface area contributed by atoms with Crippen LogP contribution < -0.4 is 5.73 Å². The van der Waals surface area contributed by atoms with Crippen LogP contribution in [-0.4, -0.2) is 49.6 Å². The Bertz CT molecular complexity index is 700. The minimum atomic E-state index is -2.02. The molecule has 2 rings (SSSR count). The number of carbonyl (C=O) groups is 3. The van der Waals surface area contributed by atoms with Gasteiger partial charge in [-0.25, -0.2) is 0 Å². The molecule has 7 nitrogen and oxygen atoms in total. The van der Waals surface area contributed by atoms with E-state index in [0.717, 1.165) is 5.56 Å². The van der Waals surface area contributed by atoms with Crippen molar-refractivity contribution in [2.45, 2.75) is 32.7 Å². The van der Waals surface area contributed by atoms with Gasteiger partial charge in [-0.15, -0.1) is 0 Å². The van der Waals surface area contributed by atoms with Crippen LogP contribution >= 0.6 is 0 Å².